The molecule has 0 saturated heterocycles. The lowest BCUT2D eigenvalue weighted by atomic mass is 10.1. The van der Waals surface area contributed by atoms with E-state index in [0.717, 1.165) is 44.6 Å². The lowest BCUT2D eigenvalue weighted by Gasteiger charge is -2.12. The van der Waals surface area contributed by atoms with Gasteiger partial charge in [-0.3, -0.25) is 9.97 Å². The third kappa shape index (κ3) is 4.16. The Kier molecular flexibility index (Phi) is 5.17. The molecule has 2 aromatic carbocycles. The van der Waals surface area contributed by atoms with Crippen LogP contribution in [0.4, 0.5) is 40.6 Å². The number of pyridine rings is 2. The highest BCUT2D eigenvalue weighted by Crippen LogP contribution is 2.27. The van der Waals surface area contributed by atoms with Crippen molar-refractivity contribution in [3.8, 4) is 0 Å². The van der Waals surface area contributed by atoms with Crippen molar-refractivity contribution in [1.82, 2.24) is 24.9 Å². The van der Waals surface area contributed by atoms with Crippen molar-refractivity contribution in [2.75, 3.05) is 34.5 Å². The van der Waals surface area contributed by atoms with Gasteiger partial charge in [-0.2, -0.15) is 15.0 Å². The third-order valence-corrected chi connectivity index (χ3v) is 5.31. The van der Waals surface area contributed by atoms with Gasteiger partial charge in [0.1, 0.15) is 0 Å². The zero-order valence-corrected chi connectivity index (χ0v) is 19.0. The number of nitrogens with zero attached hydrogens (tertiary/aromatic N) is 5. The molecule has 0 aliphatic heterocycles. The molecule has 0 atom stereocenters. The smallest absolute Gasteiger partial charge is 0.233 e. The molecule has 0 unspecified atom stereocenters. The van der Waals surface area contributed by atoms with Crippen LogP contribution in [0.2, 0.25) is 0 Å². The number of aryl methyl sites for hydroxylation is 2. The molecule has 0 saturated carbocycles. The second-order valence-electron chi connectivity index (χ2n) is 7.98. The zero-order valence-electron chi connectivity index (χ0n) is 19.0. The van der Waals surface area contributed by atoms with Gasteiger partial charge in [0.25, 0.3) is 0 Å². The van der Waals surface area contributed by atoms with Gasteiger partial charge in [-0.05, 0) is 62.4 Å². The topological polar surface area (TPSA) is 153 Å². The minimum atomic E-state index is 0.373. The number of fused-ring (bicyclic) bond motifs is 2. The lowest BCUT2D eigenvalue weighted by molar-refractivity contribution is 1.06. The second-order valence-corrected chi connectivity index (χ2v) is 7.98. The Hall–Kier alpha value is -4.73. The first kappa shape index (κ1) is 21.1. The van der Waals surface area contributed by atoms with Gasteiger partial charge in [-0.15, -0.1) is 0 Å². The summed E-state index contributed by atoms with van der Waals surface area (Å²) < 4.78 is 0. The molecular weight excluding hydrogens is 428 g/mol. The maximum Gasteiger partial charge on any atom is 0.233 e. The number of nitrogen functional groups attached to an aromatic ring is 2. The first-order valence-corrected chi connectivity index (χ1v) is 10.7. The van der Waals surface area contributed by atoms with Crippen LogP contribution in [0.25, 0.3) is 21.8 Å². The number of hydrogen-bond acceptors (Lipinski definition) is 10. The van der Waals surface area contributed by atoms with Crippen LogP contribution in [0.5, 0.6) is 0 Å². The molecule has 10 heteroatoms. The van der Waals surface area contributed by atoms with E-state index in [1.807, 2.05) is 62.4 Å². The number of rotatable bonds is 5. The zero-order chi connectivity index (χ0) is 23.8. The van der Waals surface area contributed by atoms with Gasteiger partial charge in [0.2, 0.25) is 17.8 Å². The van der Waals surface area contributed by atoms with Gasteiger partial charge in [0.05, 0.1) is 11.0 Å². The van der Waals surface area contributed by atoms with Crippen LogP contribution in [0.1, 0.15) is 11.4 Å². The van der Waals surface area contributed by atoms with Crippen molar-refractivity contribution in [3.05, 3.63) is 59.9 Å². The number of hydrogen-bond donors (Lipinski definition) is 5. The molecule has 0 amide bonds. The van der Waals surface area contributed by atoms with Crippen LogP contribution in [-0.2, 0) is 0 Å². The lowest BCUT2D eigenvalue weighted by Crippen LogP contribution is -2.07. The van der Waals surface area contributed by atoms with Crippen LogP contribution >= 0.6 is 0 Å². The summed E-state index contributed by atoms with van der Waals surface area (Å²) >= 11 is 0. The normalized spacial score (nSPS) is 11.0. The fraction of sp³-hybridized carbons (Fsp3) is 0.125. The summed E-state index contributed by atoms with van der Waals surface area (Å²) in [6, 6.07) is 15.2. The molecule has 3 heterocycles. The predicted molar refractivity (Wildman–Crippen MR) is 138 cm³/mol. The highest BCUT2D eigenvalue weighted by molar-refractivity contribution is 5.94. The molecule has 7 N–H and O–H groups in total. The van der Waals surface area contributed by atoms with E-state index in [-0.39, 0.29) is 0 Å². The number of anilines is 7. The van der Waals surface area contributed by atoms with Crippen LogP contribution in [0.3, 0.4) is 0 Å². The minimum Gasteiger partial charge on any atom is -0.398 e. The van der Waals surface area contributed by atoms with Crippen LogP contribution in [-0.4, -0.2) is 32.0 Å². The Morgan fingerprint density at radius 3 is 1.47 bits per heavy atom. The molecule has 0 aliphatic rings. The monoisotopic (exact) mass is 452 g/mol. The SMILES string of the molecule is CNc1nc(Nc2ccc3nc(C)cc(N)c3c2)nc(Nc2ccc3nc(C)cc(N)c3c2)n1. The van der Waals surface area contributed by atoms with E-state index in [1.165, 1.54) is 0 Å². The van der Waals surface area contributed by atoms with Crippen molar-refractivity contribution in [2.24, 2.45) is 0 Å². The maximum absolute atomic E-state index is 6.19. The number of nitrogens with two attached hydrogens (primary N) is 2. The summed E-state index contributed by atoms with van der Waals surface area (Å²) in [7, 11) is 1.75. The van der Waals surface area contributed by atoms with Crippen molar-refractivity contribution in [1.29, 1.82) is 0 Å². The predicted octanol–water partition coefficient (Wildman–Crippen LogP) is 4.28. The van der Waals surface area contributed by atoms with E-state index in [0.29, 0.717) is 29.2 Å². The molecule has 5 aromatic rings. The average Bonchev–Trinajstić information content (AvgIpc) is 2.79. The van der Waals surface area contributed by atoms with Gasteiger partial charge in [-0.1, -0.05) is 0 Å². The summed E-state index contributed by atoms with van der Waals surface area (Å²) in [6.07, 6.45) is 0. The summed E-state index contributed by atoms with van der Waals surface area (Å²) in [5.74, 6) is 1.16. The maximum atomic E-state index is 6.19. The third-order valence-electron chi connectivity index (χ3n) is 5.31. The molecule has 0 spiro atoms. The van der Waals surface area contributed by atoms with E-state index in [2.05, 4.69) is 40.9 Å². The molecular formula is C24H24N10. The summed E-state index contributed by atoms with van der Waals surface area (Å²) in [4.78, 5) is 22.4. The molecule has 0 aliphatic carbocycles. The Balaban J connectivity index is 1.46. The van der Waals surface area contributed by atoms with Gasteiger partial charge >= 0.3 is 0 Å². The first-order valence-electron chi connectivity index (χ1n) is 10.7. The van der Waals surface area contributed by atoms with Gasteiger partial charge in [0, 0.05) is 52.0 Å². The molecule has 170 valence electrons. The van der Waals surface area contributed by atoms with Crippen LogP contribution in [0.15, 0.2) is 48.5 Å². The molecule has 10 nitrogen and oxygen atoms in total. The largest absolute Gasteiger partial charge is 0.398 e. The minimum absolute atomic E-state index is 0.373. The molecule has 3 aromatic heterocycles. The second kappa shape index (κ2) is 8.32. The Labute approximate surface area is 195 Å². The number of aromatic nitrogens is 5. The van der Waals surface area contributed by atoms with Crippen molar-refractivity contribution >= 4 is 62.4 Å². The number of nitrogens with one attached hydrogen (secondary N) is 3. The first-order chi connectivity index (χ1) is 16.4. The van der Waals surface area contributed by atoms with Crippen LogP contribution in [0, 0.1) is 13.8 Å². The quantitative estimate of drug-likeness (QED) is 0.261. The fourth-order valence-electron chi connectivity index (χ4n) is 3.79. The Bertz CT molecular complexity index is 1440. The Morgan fingerprint density at radius 2 is 1.03 bits per heavy atom. The molecule has 34 heavy (non-hydrogen) atoms. The Morgan fingerprint density at radius 1 is 0.588 bits per heavy atom. The highest BCUT2D eigenvalue weighted by Gasteiger charge is 2.10. The van der Waals surface area contributed by atoms with Crippen molar-refractivity contribution in [3.63, 3.8) is 0 Å². The molecule has 5 rings (SSSR count). The standard InChI is InChI=1S/C24H24N10/c1-12-8-18(25)16-10-14(4-6-20(16)28-12)30-23-32-22(27-3)33-24(34-23)31-15-5-7-21-17(11-15)19(26)9-13(2)29-21/h4-11H,1-3H3,(H2,25,28)(H2,26,29)(H3,27,30,31,32,33,34). The van der Waals surface area contributed by atoms with Crippen LogP contribution < -0.4 is 27.4 Å². The van der Waals surface area contributed by atoms with Crippen molar-refractivity contribution < 1.29 is 0 Å². The summed E-state index contributed by atoms with van der Waals surface area (Å²) in [6.45, 7) is 3.84. The highest BCUT2D eigenvalue weighted by atomic mass is 15.3. The van der Waals surface area contributed by atoms with Gasteiger partial charge in [0.15, 0.2) is 0 Å². The van der Waals surface area contributed by atoms with E-state index in [9.17, 15) is 0 Å². The molecule has 0 bridgehead atoms. The summed E-state index contributed by atoms with van der Waals surface area (Å²) in [5, 5.41) is 11.1. The van der Waals surface area contributed by atoms with E-state index >= 15 is 0 Å². The van der Waals surface area contributed by atoms with Gasteiger partial charge < -0.3 is 27.4 Å². The fourth-order valence-corrected chi connectivity index (χ4v) is 3.79. The van der Waals surface area contributed by atoms with E-state index in [4.69, 9.17) is 11.5 Å². The van der Waals surface area contributed by atoms with Crippen molar-refractivity contribution in [2.45, 2.75) is 13.8 Å². The van der Waals surface area contributed by atoms with E-state index < -0.39 is 0 Å². The average molecular weight is 453 g/mol. The summed E-state index contributed by atoms with van der Waals surface area (Å²) in [5.41, 5.74) is 18.7. The van der Waals surface area contributed by atoms with Gasteiger partial charge in [-0.25, -0.2) is 0 Å². The molecule has 0 fully saturated rings. The molecule has 0 radical (unpaired) electrons. The van der Waals surface area contributed by atoms with E-state index in [1.54, 1.807) is 7.05 Å². The number of benzene rings is 2.